The molecule has 0 atom stereocenters. The van der Waals surface area contributed by atoms with E-state index in [1.54, 1.807) is 0 Å². The van der Waals surface area contributed by atoms with Gasteiger partial charge in [-0.2, -0.15) is 4.39 Å². The molecule has 2 radical (unpaired) electrons. The number of benzene rings is 2. The van der Waals surface area contributed by atoms with Crippen LogP contribution in [0.3, 0.4) is 0 Å². The highest BCUT2D eigenvalue weighted by Crippen LogP contribution is 2.44. The molecule has 0 spiro atoms. The van der Waals surface area contributed by atoms with Crippen molar-refractivity contribution in [1.82, 2.24) is 4.98 Å². The Hall–Kier alpha value is -2.63. The molecule has 0 fully saturated rings. The van der Waals surface area contributed by atoms with E-state index in [0.29, 0.717) is 0 Å². The van der Waals surface area contributed by atoms with Gasteiger partial charge in [-0.3, -0.25) is 5.41 Å². The summed E-state index contributed by atoms with van der Waals surface area (Å²) in [6.07, 6.45) is 1.32. The van der Waals surface area contributed by atoms with Crippen LogP contribution in [0.2, 0.25) is 0 Å². The average molecular weight is 393 g/mol. The van der Waals surface area contributed by atoms with Gasteiger partial charge in [0.1, 0.15) is 17.4 Å². The van der Waals surface area contributed by atoms with Crippen LogP contribution in [0.25, 0.3) is 10.9 Å². The van der Waals surface area contributed by atoms with Crippen LogP contribution in [-0.2, 0) is 0 Å². The fourth-order valence-electron chi connectivity index (χ4n) is 2.41. The SMILES string of the molecule is [B]C(O)(O)Sc1c(Oc2ccc(F)c(C(=N)N)c2)c(F)c(F)c2[nH]ccc12. The Labute approximate surface area is 156 Å². The van der Waals surface area contributed by atoms with Crippen molar-refractivity contribution in [2.24, 2.45) is 5.73 Å². The van der Waals surface area contributed by atoms with E-state index < -0.39 is 34.1 Å². The topological polar surface area (TPSA) is 115 Å². The summed E-state index contributed by atoms with van der Waals surface area (Å²) in [6, 6.07) is 4.44. The Kier molecular flexibility index (Phi) is 4.85. The number of nitrogen functional groups attached to an aromatic ring is 1. The highest BCUT2D eigenvalue weighted by Gasteiger charge is 2.28. The Morgan fingerprint density at radius 1 is 1.22 bits per heavy atom. The molecule has 3 aromatic rings. The number of hydrogen-bond acceptors (Lipinski definition) is 5. The highest BCUT2D eigenvalue weighted by molar-refractivity contribution is 8.01. The number of H-pyrrole nitrogens is 1. The van der Waals surface area contributed by atoms with Gasteiger partial charge in [-0.25, -0.2) is 8.78 Å². The number of nitrogens with two attached hydrogens (primary N) is 1. The molecule has 0 unspecified atom stereocenters. The van der Waals surface area contributed by atoms with E-state index in [4.69, 9.17) is 23.7 Å². The number of ether oxygens (including phenoxy) is 1. The third-order valence-corrected chi connectivity index (χ3v) is 4.42. The zero-order valence-electron chi connectivity index (χ0n) is 13.4. The molecule has 0 amide bonds. The van der Waals surface area contributed by atoms with Crippen molar-refractivity contribution in [1.29, 1.82) is 5.41 Å². The highest BCUT2D eigenvalue weighted by atomic mass is 32.2. The smallest absolute Gasteiger partial charge is 0.204 e. The van der Waals surface area contributed by atoms with E-state index in [1.807, 2.05) is 0 Å². The lowest BCUT2D eigenvalue weighted by molar-refractivity contribution is -0.00157. The van der Waals surface area contributed by atoms with Crippen molar-refractivity contribution >= 4 is 36.3 Å². The fourth-order valence-corrected chi connectivity index (χ4v) is 3.21. The molecule has 1 heterocycles. The van der Waals surface area contributed by atoms with Crippen LogP contribution in [0.15, 0.2) is 35.4 Å². The largest absolute Gasteiger partial charge is 0.453 e. The molecular formula is C16H11BF3N3O3S. The number of amidine groups is 1. The predicted molar refractivity (Wildman–Crippen MR) is 94.5 cm³/mol. The number of aliphatic hydroxyl groups is 2. The lowest BCUT2D eigenvalue weighted by Gasteiger charge is -2.20. The number of halogens is 3. The molecule has 6 N–H and O–H groups in total. The van der Waals surface area contributed by atoms with Gasteiger partial charge in [-0.15, -0.1) is 0 Å². The van der Waals surface area contributed by atoms with Crippen LogP contribution in [0.1, 0.15) is 5.56 Å². The second-order valence-corrected chi connectivity index (χ2v) is 6.68. The summed E-state index contributed by atoms with van der Waals surface area (Å²) >= 11 is 0.213. The maximum absolute atomic E-state index is 14.6. The summed E-state index contributed by atoms with van der Waals surface area (Å²) in [6.45, 7) is 0. The molecule has 1 aromatic heterocycles. The molecule has 27 heavy (non-hydrogen) atoms. The average Bonchev–Trinajstić information content (AvgIpc) is 3.05. The second-order valence-electron chi connectivity index (χ2n) is 5.47. The fraction of sp³-hybridized carbons (Fsp3) is 0.0625. The van der Waals surface area contributed by atoms with Crippen LogP contribution < -0.4 is 10.5 Å². The lowest BCUT2D eigenvalue weighted by Crippen LogP contribution is -2.22. The summed E-state index contributed by atoms with van der Waals surface area (Å²) in [5.74, 6) is -4.93. The molecule has 6 nitrogen and oxygen atoms in total. The Balaban J connectivity index is 2.18. The Bertz CT molecular complexity index is 1050. The Morgan fingerprint density at radius 2 is 1.93 bits per heavy atom. The summed E-state index contributed by atoms with van der Waals surface area (Å²) in [5.41, 5.74) is 4.74. The zero-order chi connectivity index (χ0) is 19.9. The normalized spacial score (nSPS) is 11.7. The molecule has 0 saturated heterocycles. The molecule has 0 bridgehead atoms. The van der Waals surface area contributed by atoms with Crippen LogP contribution in [0.5, 0.6) is 11.5 Å². The van der Waals surface area contributed by atoms with Crippen molar-refractivity contribution in [2.45, 2.75) is 9.91 Å². The second kappa shape index (κ2) is 6.84. The minimum atomic E-state index is -2.81. The van der Waals surface area contributed by atoms with Gasteiger partial charge in [0.05, 0.1) is 16.0 Å². The van der Waals surface area contributed by atoms with Gasteiger partial charge >= 0.3 is 0 Å². The van der Waals surface area contributed by atoms with Gasteiger partial charge in [0.25, 0.3) is 0 Å². The standard InChI is InChI=1S/C16H11BF3N3O3S/c17-16(24,25)27-14-7-3-4-23-12(7)10(19)11(20)13(14)26-6-1-2-9(18)8(5-6)15(21)22/h1-5,23-25H,(H3,21,22). The summed E-state index contributed by atoms with van der Waals surface area (Å²) in [7, 11) is 5.16. The molecule has 0 aliphatic rings. The van der Waals surface area contributed by atoms with Crippen molar-refractivity contribution in [3.63, 3.8) is 0 Å². The predicted octanol–water partition coefficient (Wildman–Crippen LogP) is 2.52. The van der Waals surface area contributed by atoms with Gasteiger partial charge in [0.2, 0.25) is 5.82 Å². The number of aromatic amines is 1. The van der Waals surface area contributed by atoms with Crippen molar-refractivity contribution in [3.8, 4) is 11.5 Å². The van der Waals surface area contributed by atoms with Crippen LogP contribution in [-0.4, -0.2) is 33.9 Å². The lowest BCUT2D eigenvalue weighted by atomic mass is 10.1. The number of hydrogen-bond donors (Lipinski definition) is 5. The number of fused-ring (bicyclic) bond motifs is 1. The summed E-state index contributed by atoms with van der Waals surface area (Å²) < 4.78 is 47.9. The van der Waals surface area contributed by atoms with Crippen molar-refractivity contribution in [2.75, 3.05) is 0 Å². The maximum atomic E-state index is 14.6. The number of aromatic nitrogens is 1. The third kappa shape index (κ3) is 3.75. The van der Waals surface area contributed by atoms with Gasteiger partial charge < -0.3 is 25.7 Å². The maximum Gasteiger partial charge on any atom is 0.204 e. The van der Waals surface area contributed by atoms with Crippen LogP contribution in [0, 0.1) is 22.9 Å². The molecule has 11 heteroatoms. The van der Waals surface area contributed by atoms with E-state index in [1.165, 1.54) is 12.3 Å². The van der Waals surface area contributed by atoms with E-state index in [2.05, 4.69) is 4.98 Å². The van der Waals surface area contributed by atoms with E-state index in [0.717, 1.165) is 18.2 Å². The third-order valence-electron chi connectivity index (χ3n) is 3.51. The number of rotatable bonds is 5. The van der Waals surface area contributed by atoms with E-state index >= 15 is 0 Å². The van der Waals surface area contributed by atoms with Crippen LogP contribution in [0.4, 0.5) is 13.2 Å². The molecule has 3 rings (SSSR count). The van der Waals surface area contributed by atoms with Crippen molar-refractivity contribution in [3.05, 3.63) is 53.5 Å². The molecule has 0 aliphatic carbocycles. The van der Waals surface area contributed by atoms with Gasteiger partial charge in [-0.1, -0.05) is 11.8 Å². The monoisotopic (exact) mass is 393 g/mol. The zero-order valence-corrected chi connectivity index (χ0v) is 14.2. The van der Waals surface area contributed by atoms with Crippen molar-refractivity contribution < 1.29 is 28.1 Å². The summed E-state index contributed by atoms with van der Waals surface area (Å²) in [4.78, 5) is 2.29. The van der Waals surface area contributed by atoms with Gasteiger partial charge in [0, 0.05) is 11.6 Å². The summed E-state index contributed by atoms with van der Waals surface area (Å²) in [5, 5.41) is 23.6. The first-order valence-electron chi connectivity index (χ1n) is 7.31. The minimum Gasteiger partial charge on any atom is -0.453 e. The van der Waals surface area contributed by atoms with Gasteiger partial charge in [0.15, 0.2) is 24.4 Å². The molecule has 2 aromatic carbocycles. The van der Waals surface area contributed by atoms with Gasteiger partial charge in [-0.05, 0) is 24.3 Å². The minimum absolute atomic E-state index is 0.0840. The Morgan fingerprint density at radius 3 is 2.56 bits per heavy atom. The first kappa shape index (κ1) is 19.1. The quantitative estimate of drug-likeness (QED) is 0.150. The molecular weight excluding hydrogens is 382 g/mol. The first-order chi connectivity index (χ1) is 12.6. The first-order valence-corrected chi connectivity index (χ1v) is 8.12. The molecule has 0 saturated carbocycles. The van der Waals surface area contributed by atoms with E-state index in [9.17, 15) is 23.4 Å². The molecule has 138 valence electrons. The number of thioether (sulfide) groups is 1. The number of nitrogens with one attached hydrogen (secondary N) is 2. The van der Waals surface area contributed by atoms with E-state index in [-0.39, 0.29) is 38.9 Å². The van der Waals surface area contributed by atoms with Crippen LogP contribution >= 0.6 is 11.8 Å². The molecule has 0 aliphatic heterocycles.